The fourth-order valence-corrected chi connectivity index (χ4v) is 3.01. The third-order valence-electron chi connectivity index (χ3n) is 4.73. The van der Waals surface area contributed by atoms with Gasteiger partial charge in [-0.2, -0.15) is 0 Å². The van der Waals surface area contributed by atoms with Crippen molar-refractivity contribution >= 4 is 23.7 Å². The van der Waals surface area contributed by atoms with Crippen molar-refractivity contribution in [2.24, 2.45) is 0 Å². The smallest absolute Gasteiger partial charge is 0.408 e. The zero-order valence-electron chi connectivity index (χ0n) is 18.1. The normalized spacial score (nSPS) is 11.2. The minimum absolute atomic E-state index is 0.0129. The molecule has 0 aliphatic carbocycles. The van der Waals surface area contributed by atoms with Crippen LogP contribution in [0.15, 0.2) is 91.0 Å². The number of benzene rings is 3. The Bertz CT molecular complexity index is 1030. The minimum atomic E-state index is -1.03. The number of anilines is 1. The number of carbonyl (C=O) groups is 3. The van der Waals surface area contributed by atoms with Crippen LogP contribution in [0.3, 0.4) is 0 Å². The number of rotatable bonds is 10. The first-order valence-electron chi connectivity index (χ1n) is 10.6. The van der Waals surface area contributed by atoms with E-state index in [0.29, 0.717) is 5.69 Å². The maximum absolute atomic E-state index is 12.7. The number of hydrogen-bond acceptors (Lipinski definition) is 5. The molecule has 0 fully saturated rings. The van der Waals surface area contributed by atoms with E-state index in [4.69, 9.17) is 9.47 Å². The van der Waals surface area contributed by atoms with Crippen molar-refractivity contribution in [1.29, 1.82) is 0 Å². The largest absolute Gasteiger partial charge is 0.459 e. The molecular formula is C26H26N2O5. The summed E-state index contributed by atoms with van der Waals surface area (Å²) in [5, 5.41) is 5.29. The van der Waals surface area contributed by atoms with Crippen LogP contribution in [-0.2, 0) is 32.3 Å². The topological polar surface area (TPSA) is 93.7 Å². The maximum atomic E-state index is 12.7. The molecule has 0 radical (unpaired) electrons. The SMILES string of the molecule is O=C(CC[C@@H](NC(=O)OCc1ccccc1)C(=O)OCc1ccccc1)Nc1ccccc1. The average molecular weight is 447 g/mol. The van der Waals surface area contributed by atoms with E-state index < -0.39 is 18.1 Å². The molecule has 7 nitrogen and oxygen atoms in total. The molecule has 0 aromatic heterocycles. The van der Waals surface area contributed by atoms with E-state index in [9.17, 15) is 14.4 Å². The third-order valence-corrected chi connectivity index (χ3v) is 4.73. The Morgan fingerprint density at radius 1 is 0.697 bits per heavy atom. The summed E-state index contributed by atoms with van der Waals surface area (Å²) in [5.41, 5.74) is 2.29. The molecular weight excluding hydrogens is 420 g/mol. The summed E-state index contributed by atoms with van der Waals surface area (Å²) in [4.78, 5) is 37.3. The molecule has 0 saturated heterocycles. The van der Waals surface area contributed by atoms with Crippen molar-refractivity contribution in [3.8, 4) is 0 Å². The molecule has 1 atom stereocenters. The summed E-state index contributed by atoms with van der Waals surface area (Å²) in [6, 6.07) is 26.4. The number of esters is 1. The lowest BCUT2D eigenvalue weighted by atomic mass is 10.1. The first-order chi connectivity index (χ1) is 16.1. The molecule has 170 valence electrons. The summed E-state index contributed by atoms with van der Waals surface area (Å²) < 4.78 is 10.6. The van der Waals surface area contributed by atoms with Crippen molar-refractivity contribution in [2.45, 2.75) is 32.1 Å². The van der Waals surface area contributed by atoms with Gasteiger partial charge < -0.3 is 20.1 Å². The Hall–Kier alpha value is -4.13. The number of nitrogens with one attached hydrogen (secondary N) is 2. The molecule has 0 heterocycles. The van der Waals surface area contributed by atoms with Crippen LogP contribution in [0.25, 0.3) is 0 Å². The highest BCUT2D eigenvalue weighted by atomic mass is 16.6. The van der Waals surface area contributed by atoms with Crippen molar-refractivity contribution in [2.75, 3.05) is 5.32 Å². The van der Waals surface area contributed by atoms with E-state index in [0.717, 1.165) is 11.1 Å². The second-order valence-corrected chi connectivity index (χ2v) is 7.30. The summed E-state index contributed by atoms with van der Waals surface area (Å²) in [5.74, 6) is -0.912. The Kier molecular flexibility index (Phi) is 9.03. The Labute approximate surface area is 192 Å². The molecule has 0 bridgehead atoms. The van der Waals surface area contributed by atoms with Gasteiger partial charge >= 0.3 is 12.1 Å². The molecule has 3 rings (SSSR count). The lowest BCUT2D eigenvalue weighted by molar-refractivity contribution is -0.147. The molecule has 7 heteroatoms. The maximum Gasteiger partial charge on any atom is 0.408 e. The van der Waals surface area contributed by atoms with Gasteiger partial charge in [0.25, 0.3) is 0 Å². The summed E-state index contributed by atoms with van der Waals surface area (Å²) in [6.07, 6.45) is -0.685. The molecule has 0 spiro atoms. The molecule has 0 aliphatic rings. The van der Waals surface area contributed by atoms with Crippen LogP contribution in [0.2, 0.25) is 0 Å². The average Bonchev–Trinajstić information content (AvgIpc) is 2.85. The zero-order valence-corrected chi connectivity index (χ0v) is 18.1. The second kappa shape index (κ2) is 12.7. The Balaban J connectivity index is 1.55. The fourth-order valence-electron chi connectivity index (χ4n) is 3.01. The van der Waals surface area contributed by atoms with Crippen LogP contribution in [0, 0.1) is 0 Å². The quantitative estimate of drug-likeness (QED) is 0.449. The Morgan fingerprint density at radius 2 is 1.21 bits per heavy atom. The van der Waals surface area contributed by atoms with Crippen LogP contribution >= 0.6 is 0 Å². The number of ether oxygens (including phenoxy) is 2. The van der Waals surface area contributed by atoms with Gasteiger partial charge in [-0.3, -0.25) is 4.79 Å². The molecule has 0 unspecified atom stereocenters. The van der Waals surface area contributed by atoms with E-state index in [1.807, 2.05) is 78.9 Å². The molecule has 0 aliphatic heterocycles. The van der Waals surface area contributed by atoms with E-state index in [2.05, 4.69) is 10.6 Å². The van der Waals surface area contributed by atoms with Crippen molar-refractivity contribution in [1.82, 2.24) is 5.32 Å². The van der Waals surface area contributed by atoms with Gasteiger partial charge in [0.15, 0.2) is 0 Å². The molecule has 3 aromatic carbocycles. The van der Waals surface area contributed by atoms with Gasteiger partial charge in [-0.1, -0.05) is 78.9 Å². The fraction of sp³-hybridized carbons (Fsp3) is 0.192. The van der Waals surface area contributed by atoms with Gasteiger partial charge in [0.05, 0.1) is 0 Å². The minimum Gasteiger partial charge on any atom is -0.459 e. The first-order valence-corrected chi connectivity index (χ1v) is 10.6. The number of para-hydroxylation sites is 1. The van der Waals surface area contributed by atoms with Gasteiger partial charge in [-0.25, -0.2) is 9.59 Å². The summed E-state index contributed by atoms with van der Waals surface area (Å²) >= 11 is 0. The Morgan fingerprint density at radius 3 is 1.79 bits per heavy atom. The van der Waals surface area contributed by atoms with Crippen LogP contribution in [-0.4, -0.2) is 24.0 Å². The zero-order chi connectivity index (χ0) is 23.3. The third kappa shape index (κ3) is 8.49. The van der Waals surface area contributed by atoms with Crippen LogP contribution in [0.1, 0.15) is 24.0 Å². The van der Waals surface area contributed by atoms with Crippen LogP contribution < -0.4 is 10.6 Å². The highest BCUT2D eigenvalue weighted by molar-refractivity contribution is 5.91. The van der Waals surface area contributed by atoms with Gasteiger partial charge in [0, 0.05) is 12.1 Å². The molecule has 33 heavy (non-hydrogen) atoms. The number of amides is 2. The first kappa shape index (κ1) is 23.5. The van der Waals surface area contributed by atoms with E-state index >= 15 is 0 Å². The predicted molar refractivity (Wildman–Crippen MR) is 124 cm³/mol. The molecule has 3 aromatic rings. The summed E-state index contributed by atoms with van der Waals surface area (Å²) in [6.45, 7) is 0.125. The van der Waals surface area contributed by atoms with Gasteiger partial charge in [0.1, 0.15) is 19.3 Å². The second-order valence-electron chi connectivity index (χ2n) is 7.30. The van der Waals surface area contributed by atoms with Crippen molar-refractivity contribution < 1.29 is 23.9 Å². The molecule has 2 N–H and O–H groups in total. The summed E-state index contributed by atoms with van der Waals surface area (Å²) in [7, 11) is 0. The highest BCUT2D eigenvalue weighted by Crippen LogP contribution is 2.10. The van der Waals surface area contributed by atoms with E-state index in [-0.39, 0.29) is 32.0 Å². The van der Waals surface area contributed by atoms with Gasteiger partial charge in [-0.05, 0) is 29.7 Å². The molecule has 2 amide bonds. The lowest BCUT2D eigenvalue weighted by Gasteiger charge is -2.18. The van der Waals surface area contributed by atoms with Crippen LogP contribution in [0.4, 0.5) is 10.5 Å². The van der Waals surface area contributed by atoms with Crippen LogP contribution in [0.5, 0.6) is 0 Å². The lowest BCUT2D eigenvalue weighted by Crippen LogP contribution is -2.42. The number of hydrogen-bond donors (Lipinski definition) is 2. The van der Waals surface area contributed by atoms with Gasteiger partial charge in [-0.15, -0.1) is 0 Å². The predicted octanol–water partition coefficient (Wildman–Crippen LogP) is 4.44. The van der Waals surface area contributed by atoms with Crippen molar-refractivity contribution in [3.63, 3.8) is 0 Å². The molecule has 0 saturated carbocycles. The van der Waals surface area contributed by atoms with E-state index in [1.54, 1.807) is 12.1 Å². The number of alkyl carbamates (subject to hydrolysis) is 1. The standard InChI is InChI=1S/C26H26N2O5/c29-24(27-22-14-8-3-9-15-22)17-16-23(25(30)32-18-20-10-4-1-5-11-20)28-26(31)33-19-21-12-6-2-7-13-21/h1-15,23H,16-19H2,(H,27,29)(H,28,31)/t23-/m1/s1. The highest BCUT2D eigenvalue weighted by Gasteiger charge is 2.24. The number of carbonyl (C=O) groups excluding carboxylic acids is 3. The monoisotopic (exact) mass is 446 g/mol. The van der Waals surface area contributed by atoms with Gasteiger partial charge in [0.2, 0.25) is 5.91 Å². The van der Waals surface area contributed by atoms with Crippen molar-refractivity contribution in [3.05, 3.63) is 102 Å². The van der Waals surface area contributed by atoms with E-state index in [1.165, 1.54) is 0 Å².